The van der Waals surface area contributed by atoms with Crippen LogP contribution in [-0.2, 0) is 11.3 Å². The van der Waals surface area contributed by atoms with E-state index in [0.717, 1.165) is 12.1 Å². The van der Waals surface area contributed by atoms with E-state index in [2.05, 4.69) is 5.32 Å². The van der Waals surface area contributed by atoms with Gasteiger partial charge >= 0.3 is 12.0 Å². The van der Waals surface area contributed by atoms with Crippen molar-refractivity contribution in [2.75, 3.05) is 13.1 Å². The fourth-order valence-corrected chi connectivity index (χ4v) is 3.80. The monoisotopic (exact) mass is 333 g/mol. The Bertz CT molecular complexity index is 712. The van der Waals surface area contributed by atoms with E-state index in [4.69, 9.17) is 0 Å². The fourth-order valence-electron chi connectivity index (χ4n) is 3.80. The maximum Gasteiger partial charge on any atom is 0.326 e. The third kappa shape index (κ3) is 3.02. The van der Waals surface area contributed by atoms with E-state index in [0.29, 0.717) is 19.6 Å². The average molecular weight is 333 g/mol. The molecule has 1 aromatic rings. The van der Waals surface area contributed by atoms with Crippen LogP contribution in [0.4, 0.5) is 4.79 Å². The Kier molecular flexibility index (Phi) is 4.34. The van der Waals surface area contributed by atoms with Crippen molar-refractivity contribution in [1.29, 1.82) is 0 Å². The highest BCUT2D eigenvalue weighted by Gasteiger charge is 2.37. The molecule has 2 aliphatic heterocycles. The predicted molar refractivity (Wildman–Crippen MR) is 87.9 cm³/mol. The molecule has 0 radical (unpaired) electrons. The quantitative estimate of drug-likeness (QED) is 0.866. The molecule has 3 heterocycles. The molecule has 24 heavy (non-hydrogen) atoms. The van der Waals surface area contributed by atoms with Gasteiger partial charge in [-0.3, -0.25) is 4.79 Å². The molecule has 0 aromatic carbocycles. The number of hydrogen-bond acceptors (Lipinski definition) is 3. The number of aliphatic carboxylic acids is 1. The van der Waals surface area contributed by atoms with E-state index >= 15 is 0 Å². The van der Waals surface area contributed by atoms with Crippen LogP contribution in [0, 0.1) is 11.8 Å². The zero-order valence-electron chi connectivity index (χ0n) is 13.9. The molecule has 3 atom stereocenters. The van der Waals surface area contributed by atoms with Crippen molar-refractivity contribution < 1.29 is 14.7 Å². The van der Waals surface area contributed by atoms with Crippen LogP contribution in [0.2, 0.25) is 0 Å². The van der Waals surface area contributed by atoms with Gasteiger partial charge in [-0.05, 0) is 24.3 Å². The lowest BCUT2D eigenvalue weighted by Crippen LogP contribution is -2.55. The average Bonchev–Trinajstić information content (AvgIpc) is 2.52. The molecule has 1 fully saturated rings. The molecule has 130 valence electrons. The summed E-state index contributed by atoms with van der Waals surface area (Å²) in [6.07, 6.45) is 0.958. The van der Waals surface area contributed by atoms with Gasteiger partial charge < -0.3 is 19.9 Å². The number of aromatic nitrogens is 1. The Labute approximate surface area is 140 Å². The van der Waals surface area contributed by atoms with Crippen LogP contribution in [0.25, 0.3) is 0 Å². The second-order valence-electron chi connectivity index (χ2n) is 7.11. The summed E-state index contributed by atoms with van der Waals surface area (Å²) >= 11 is 0. The summed E-state index contributed by atoms with van der Waals surface area (Å²) in [4.78, 5) is 37.5. The summed E-state index contributed by atoms with van der Waals surface area (Å²) in [6.45, 7) is 5.21. The van der Waals surface area contributed by atoms with E-state index in [1.165, 1.54) is 0 Å². The largest absolute Gasteiger partial charge is 0.480 e. The Morgan fingerprint density at radius 3 is 2.67 bits per heavy atom. The van der Waals surface area contributed by atoms with Crippen LogP contribution < -0.4 is 10.9 Å². The van der Waals surface area contributed by atoms with Crippen molar-refractivity contribution in [2.24, 2.45) is 11.8 Å². The summed E-state index contributed by atoms with van der Waals surface area (Å²) in [5.74, 6) is -0.855. The number of nitrogens with zero attached hydrogens (tertiary/aromatic N) is 2. The lowest BCUT2D eigenvalue weighted by atomic mass is 9.83. The highest BCUT2D eigenvalue weighted by Crippen LogP contribution is 2.34. The standard InChI is InChI=1S/C17H23N3O4/c1-10(2)15(16(22)23)18-17(24)19-7-11-6-12(9-19)13-4-3-5-14(21)20(13)8-11/h3-5,10-12,15H,6-9H2,1-2H3,(H,18,24)(H,22,23)/t11-,12+,15?/m1/s1. The van der Waals surface area contributed by atoms with Gasteiger partial charge in [-0.2, -0.15) is 0 Å². The van der Waals surface area contributed by atoms with Gasteiger partial charge in [0.25, 0.3) is 5.56 Å². The van der Waals surface area contributed by atoms with Gasteiger partial charge in [-0.15, -0.1) is 0 Å². The number of hydrogen-bond donors (Lipinski definition) is 2. The van der Waals surface area contributed by atoms with Crippen molar-refractivity contribution >= 4 is 12.0 Å². The molecule has 0 spiro atoms. The van der Waals surface area contributed by atoms with E-state index < -0.39 is 12.0 Å². The summed E-state index contributed by atoms with van der Waals surface area (Å²) in [5.41, 5.74) is 0.973. The zero-order valence-corrected chi connectivity index (χ0v) is 13.9. The van der Waals surface area contributed by atoms with Gasteiger partial charge in [0.1, 0.15) is 6.04 Å². The molecule has 0 aliphatic carbocycles. The van der Waals surface area contributed by atoms with Gasteiger partial charge in [0.2, 0.25) is 0 Å². The molecule has 1 aromatic heterocycles. The maximum absolute atomic E-state index is 12.5. The van der Waals surface area contributed by atoms with E-state index in [9.17, 15) is 19.5 Å². The molecule has 1 saturated heterocycles. The number of carbonyl (C=O) groups is 2. The van der Waals surface area contributed by atoms with Crippen molar-refractivity contribution in [1.82, 2.24) is 14.8 Å². The van der Waals surface area contributed by atoms with Crippen LogP contribution in [0.15, 0.2) is 23.0 Å². The summed E-state index contributed by atoms with van der Waals surface area (Å²) in [6, 6.07) is 4.03. The van der Waals surface area contributed by atoms with Crippen LogP contribution in [0.3, 0.4) is 0 Å². The first kappa shape index (κ1) is 16.5. The molecule has 2 bridgehead atoms. The molecular formula is C17H23N3O4. The van der Waals surface area contributed by atoms with Crippen molar-refractivity contribution in [3.05, 3.63) is 34.2 Å². The van der Waals surface area contributed by atoms with Crippen LogP contribution in [-0.4, -0.2) is 45.7 Å². The number of amides is 2. The van der Waals surface area contributed by atoms with Gasteiger partial charge in [0, 0.05) is 37.3 Å². The normalized spacial score (nSPS) is 23.5. The summed E-state index contributed by atoms with van der Waals surface area (Å²) in [5, 5.41) is 11.9. The molecule has 7 heteroatoms. The molecule has 0 saturated carbocycles. The number of piperidine rings is 1. The van der Waals surface area contributed by atoms with Crippen molar-refractivity contribution in [2.45, 2.75) is 38.8 Å². The zero-order chi connectivity index (χ0) is 17.4. The Morgan fingerprint density at radius 1 is 1.25 bits per heavy atom. The number of carboxylic acid groups (broad SMARTS) is 1. The van der Waals surface area contributed by atoms with E-state index in [1.807, 2.05) is 10.6 Å². The SMILES string of the molecule is CC(C)C(NC(=O)N1C[C@H]2C[C@@H](C1)c1cccc(=O)n1C2)C(=O)O. The van der Waals surface area contributed by atoms with Crippen LogP contribution in [0.1, 0.15) is 31.9 Å². The third-order valence-electron chi connectivity index (χ3n) is 4.98. The van der Waals surface area contributed by atoms with Gasteiger partial charge in [-0.25, -0.2) is 9.59 Å². The van der Waals surface area contributed by atoms with E-state index in [-0.39, 0.29) is 29.3 Å². The Hall–Kier alpha value is -2.31. The van der Waals surface area contributed by atoms with Gasteiger partial charge in [-0.1, -0.05) is 19.9 Å². The molecule has 1 unspecified atom stereocenters. The van der Waals surface area contributed by atoms with Crippen LogP contribution >= 0.6 is 0 Å². The van der Waals surface area contributed by atoms with Crippen molar-refractivity contribution in [3.8, 4) is 0 Å². The highest BCUT2D eigenvalue weighted by atomic mass is 16.4. The first-order valence-corrected chi connectivity index (χ1v) is 8.34. The number of likely N-dealkylation sites (tertiary alicyclic amines) is 1. The first-order chi connectivity index (χ1) is 11.4. The minimum Gasteiger partial charge on any atom is -0.480 e. The third-order valence-corrected chi connectivity index (χ3v) is 4.98. The number of urea groups is 1. The molecule has 7 nitrogen and oxygen atoms in total. The molecule has 2 amide bonds. The number of pyridine rings is 1. The lowest BCUT2D eigenvalue weighted by Gasteiger charge is -2.43. The molecular weight excluding hydrogens is 310 g/mol. The lowest BCUT2D eigenvalue weighted by molar-refractivity contribution is -0.140. The van der Waals surface area contributed by atoms with Gasteiger partial charge in [0.05, 0.1) is 0 Å². The van der Waals surface area contributed by atoms with Crippen LogP contribution in [0.5, 0.6) is 0 Å². The smallest absolute Gasteiger partial charge is 0.326 e. The summed E-state index contributed by atoms with van der Waals surface area (Å²) in [7, 11) is 0. The maximum atomic E-state index is 12.5. The first-order valence-electron chi connectivity index (χ1n) is 8.34. The molecule has 2 aliphatic rings. The number of rotatable bonds is 3. The number of carbonyl (C=O) groups excluding carboxylic acids is 1. The summed E-state index contributed by atoms with van der Waals surface area (Å²) < 4.78 is 1.81. The molecule has 3 rings (SSSR count). The minimum absolute atomic E-state index is 0.00542. The van der Waals surface area contributed by atoms with Gasteiger partial charge in [0.15, 0.2) is 0 Å². The minimum atomic E-state index is -1.02. The van der Waals surface area contributed by atoms with E-state index in [1.54, 1.807) is 30.9 Å². The van der Waals surface area contributed by atoms with Crippen molar-refractivity contribution in [3.63, 3.8) is 0 Å². The fraction of sp³-hybridized carbons (Fsp3) is 0.588. The second-order valence-corrected chi connectivity index (χ2v) is 7.11. The Balaban J connectivity index is 1.76. The highest BCUT2D eigenvalue weighted by molar-refractivity contribution is 5.82. The Morgan fingerprint density at radius 2 is 2.00 bits per heavy atom. The second kappa shape index (κ2) is 6.30. The topological polar surface area (TPSA) is 91.6 Å². The number of carboxylic acids is 1. The predicted octanol–water partition coefficient (Wildman–Crippen LogP) is 1.09. The molecule has 2 N–H and O–H groups in total. The number of fused-ring (bicyclic) bond motifs is 4. The number of nitrogens with one attached hydrogen (secondary N) is 1.